The maximum absolute atomic E-state index is 12.5. The van der Waals surface area contributed by atoms with Crippen molar-refractivity contribution in [3.8, 4) is 0 Å². The third-order valence-corrected chi connectivity index (χ3v) is 5.11. The van der Waals surface area contributed by atoms with E-state index in [1.54, 1.807) is 12.1 Å². The van der Waals surface area contributed by atoms with Crippen molar-refractivity contribution in [3.63, 3.8) is 0 Å². The number of carbonyl (C=O) groups is 2. The molecule has 0 radical (unpaired) electrons. The number of carbonyl (C=O) groups excluding carboxylic acids is 2. The molecule has 0 spiro atoms. The summed E-state index contributed by atoms with van der Waals surface area (Å²) >= 11 is 0. The molecule has 4 rings (SSSR count). The number of nitrogens with one attached hydrogen (secondary N) is 3. The summed E-state index contributed by atoms with van der Waals surface area (Å²) in [5, 5.41) is 8.85. The quantitative estimate of drug-likeness (QED) is 0.790. The van der Waals surface area contributed by atoms with E-state index >= 15 is 0 Å². The van der Waals surface area contributed by atoms with Gasteiger partial charge in [-0.3, -0.25) is 14.5 Å². The van der Waals surface area contributed by atoms with E-state index in [4.69, 9.17) is 0 Å². The number of likely N-dealkylation sites (N-methyl/N-ethyl adjacent to an activating group) is 1. The fraction of sp³-hybridized carbons (Fsp3) is 0.300. The van der Waals surface area contributed by atoms with Crippen molar-refractivity contribution in [1.29, 1.82) is 0 Å². The smallest absolute Gasteiger partial charge is 0.251 e. The molecule has 2 aromatic carbocycles. The first-order valence-corrected chi connectivity index (χ1v) is 8.83. The van der Waals surface area contributed by atoms with Gasteiger partial charge in [0.25, 0.3) is 5.91 Å². The molecule has 0 bridgehead atoms. The van der Waals surface area contributed by atoms with Crippen LogP contribution in [0.25, 0.3) is 0 Å². The third kappa shape index (κ3) is 3.28. The van der Waals surface area contributed by atoms with Crippen molar-refractivity contribution in [2.75, 3.05) is 30.8 Å². The molecule has 2 amide bonds. The van der Waals surface area contributed by atoms with Gasteiger partial charge in [0.2, 0.25) is 5.91 Å². The first-order chi connectivity index (χ1) is 12.6. The standard InChI is InChI=1S/C20H22N4O2/c1-24-12-15-5-3-2-4-13(15)8-16(24)10-22-20(26)14-6-7-17-18(9-14)23-19(25)11-21-17/h2-7,9,16,21H,8,10-12H2,1H3,(H,22,26)(H,23,25)/t16-/m1/s1. The van der Waals surface area contributed by atoms with Gasteiger partial charge in [-0.2, -0.15) is 0 Å². The Hall–Kier alpha value is -2.86. The minimum absolute atomic E-state index is 0.0995. The molecule has 2 heterocycles. The molecule has 134 valence electrons. The summed E-state index contributed by atoms with van der Waals surface area (Å²) < 4.78 is 0. The largest absolute Gasteiger partial charge is 0.374 e. The van der Waals surface area contributed by atoms with Crippen molar-refractivity contribution in [3.05, 3.63) is 59.2 Å². The van der Waals surface area contributed by atoms with Gasteiger partial charge >= 0.3 is 0 Å². The Morgan fingerprint density at radius 2 is 2.00 bits per heavy atom. The van der Waals surface area contributed by atoms with E-state index < -0.39 is 0 Å². The Bertz CT molecular complexity index is 865. The van der Waals surface area contributed by atoms with Crippen LogP contribution in [0.1, 0.15) is 21.5 Å². The van der Waals surface area contributed by atoms with Crippen LogP contribution in [0.2, 0.25) is 0 Å². The Kier molecular flexibility index (Phi) is 4.34. The highest BCUT2D eigenvalue weighted by molar-refractivity contribution is 6.03. The number of hydrogen-bond acceptors (Lipinski definition) is 4. The van der Waals surface area contributed by atoms with Gasteiger partial charge in [-0.25, -0.2) is 0 Å². The van der Waals surface area contributed by atoms with Crippen molar-refractivity contribution in [1.82, 2.24) is 10.2 Å². The van der Waals surface area contributed by atoms with Crippen LogP contribution in [-0.4, -0.2) is 42.9 Å². The van der Waals surface area contributed by atoms with Crippen LogP contribution in [0.3, 0.4) is 0 Å². The van der Waals surface area contributed by atoms with Gasteiger partial charge in [0.05, 0.1) is 17.9 Å². The fourth-order valence-corrected chi connectivity index (χ4v) is 3.57. The number of anilines is 2. The summed E-state index contributed by atoms with van der Waals surface area (Å²) in [6.45, 7) is 1.74. The molecule has 2 aliphatic heterocycles. The summed E-state index contributed by atoms with van der Waals surface area (Å²) in [5.74, 6) is -0.225. The van der Waals surface area contributed by atoms with E-state index in [0.717, 1.165) is 18.7 Å². The zero-order valence-electron chi connectivity index (χ0n) is 14.7. The maximum atomic E-state index is 12.5. The molecule has 26 heavy (non-hydrogen) atoms. The van der Waals surface area contributed by atoms with Gasteiger partial charge in [-0.1, -0.05) is 24.3 Å². The topological polar surface area (TPSA) is 73.5 Å². The van der Waals surface area contributed by atoms with Crippen molar-refractivity contribution >= 4 is 23.2 Å². The highest BCUT2D eigenvalue weighted by atomic mass is 16.2. The number of nitrogens with zero attached hydrogens (tertiary/aromatic N) is 1. The highest BCUT2D eigenvalue weighted by Crippen LogP contribution is 2.26. The average molecular weight is 350 g/mol. The third-order valence-electron chi connectivity index (χ3n) is 5.11. The molecule has 1 atom stereocenters. The van der Waals surface area contributed by atoms with E-state index in [1.807, 2.05) is 6.07 Å². The first-order valence-electron chi connectivity index (χ1n) is 8.83. The minimum atomic E-state index is -0.125. The van der Waals surface area contributed by atoms with Gasteiger partial charge in [0.1, 0.15) is 0 Å². The lowest BCUT2D eigenvalue weighted by atomic mass is 9.94. The molecule has 0 aromatic heterocycles. The lowest BCUT2D eigenvalue weighted by molar-refractivity contribution is -0.114. The molecule has 0 unspecified atom stereocenters. The molecule has 2 aromatic rings. The molecule has 0 saturated carbocycles. The molecule has 0 saturated heterocycles. The van der Waals surface area contributed by atoms with Crippen LogP contribution in [-0.2, 0) is 17.8 Å². The summed E-state index contributed by atoms with van der Waals surface area (Å²) in [5.41, 5.74) is 4.75. The number of rotatable bonds is 3. The molecular weight excluding hydrogens is 328 g/mol. The zero-order chi connectivity index (χ0) is 18.1. The Balaban J connectivity index is 1.41. The van der Waals surface area contributed by atoms with Gasteiger partial charge in [0, 0.05) is 24.7 Å². The Morgan fingerprint density at radius 1 is 1.19 bits per heavy atom. The fourth-order valence-electron chi connectivity index (χ4n) is 3.57. The maximum Gasteiger partial charge on any atom is 0.251 e. The molecule has 0 fully saturated rings. The van der Waals surface area contributed by atoms with E-state index in [0.29, 0.717) is 17.8 Å². The molecular formula is C20H22N4O2. The summed E-state index contributed by atoms with van der Waals surface area (Å²) in [6.07, 6.45) is 0.928. The van der Waals surface area contributed by atoms with Crippen LogP contribution in [0, 0.1) is 0 Å². The second kappa shape index (κ2) is 6.80. The predicted octanol–water partition coefficient (Wildman–Crippen LogP) is 1.84. The highest BCUT2D eigenvalue weighted by Gasteiger charge is 2.24. The second-order valence-corrected chi connectivity index (χ2v) is 6.91. The summed E-state index contributed by atoms with van der Waals surface area (Å²) in [4.78, 5) is 26.3. The van der Waals surface area contributed by atoms with E-state index in [2.05, 4.69) is 52.2 Å². The van der Waals surface area contributed by atoms with Gasteiger partial charge < -0.3 is 16.0 Å². The SMILES string of the molecule is CN1Cc2ccccc2C[C@@H]1CNC(=O)c1ccc2c(c1)NC(=O)CN2. The Morgan fingerprint density at radius 3 is 2.85 bits per heavy atom. The minimum Gasteiger partial charge on any atom is -0.374 e. The average Bonchev–Trinajstić information content (AvgIpc) is 2.65. The van der Waals surface area contributed by atoms with Gasteiger partial charge in [-0.15, -0.1) is 0 Å². The zero-order valence-corrected chi connectivity index (χ0v) is 14.7. The summed E-state index contributed by atoms with van der Waals surface area (Å²) in [6, 6.07) is 14.0. The number of benzene rings is 2. The molecule has 3 N–H and O–H groups in total. The number of amides is 2. The van der Waals surface area contributed by atoms with Crippen LogP contribution in [0.15, 0.2) is 42.5 Å². The summed E-state index contributed by atoms with van der Waals surface area (Å²) in [7, 11) is 2.09. The normalized spacial score (nSPS) is 19.0. The van der Waals surface area contributed by atoms with Gasteiger partial charge in [-0.05, 0) is 42.8 Å². The van der Waals surface area contributed by atoms with Crippen molar-refractivity contribution in [2.45, 2.75) is 19.0 Å². The van der Waals surface area contributed by atoms with Gasteiger partial charge in [0.15, 0.2) is 0 Å². The number of hydrogen-bond donors (Lipinski definition) is 3. The van der Waals surface area contributed by atoms with E-state index in [1.165, 1.54) is 11.1 Å². The molecule has 0 aliphatic carbocycles. The van der Waals surface area contributed by atoms with Crippen LogP contribution >= 0.6 is 0 Å². The first kappa shape index (κ1) is 16.6. The van der Waals surface area contributed by atoms with Crippen LogP contribution in [0.4, 0.5) is 11.4 Å². The number of fused-ring (bicyclic) bond motifs is 2. The van der Waals surface area contributed by atoms with Crippen LogP contribution < -0.4 is 16.0 Å². The monoisotopic (exact) mass is 350 g/mol. The lowest BCUT2D eigenvalue weighted by Crippen LogP contribution is -2.45. The second-order valence-electron chi connectivity index (χ2n) is 6.91. The molecule has 6 nitrogen and oxygen atoms in total. The molecule has 6 heteroatoms. The predicted molar refractivity (Wildman–Crippen MR) is 101 cm³/mol. The lowest BCUT2D eigenvalue weighted by Gasteiger charge is -2.34. The molecule has 2 aliphatic rings. The van der Waals surface area contributed by atoms with E-state index in [9.17, 15) is 9.59 Å². The Labute approximate surface area is 152 Å². The van der Waals surface area contributed by atoms with Crippen molar-refractivity contribution < 1.29 is 9.59 Å². The van der Waals surface area contributed by atoms with Crippen LogP contribution in [0.5, 0.6) is 0 Å². The van der Waals surface area contributed by atoms with E-state index in [-0.39, 0.29) is 24.4 Å². The van der Waals surface area contributed by atoms with Crippen molar-refractivity contribution in [2.24, 2.45) is 0 Å².